The Morgan fingerprint density at radius 2 is 1.62 bits per heavy atom. The average molecular weight is 479 g/mol. The van der Waals surface area contributed by atoms with Crippen molar-refractivity contribution < 1.29 is 50.7 Å². The molecule has 0 fully saturated rings. The van der Waals surface area contributed by atoms with Gasteiger partial charge in [0.25, 0.3) is 0 Å². The molecule has 0 heterocycles. The maximum atomic E-state index is 2.32. The maximum absolute atomic E-state index is 2.32. The van der Waals surface area contributed by atoms with E-state index in [0.29, 0.717) is 0 Å². The monoisotopic (exact) mass is 479 g/mol. The molecule has 21 heavy (non-hydrogen) atoms. The Labute approximate surface area is 155 Å². The Bertz CT molecular complexity index is 812. The Kier molecular flexibility index (Phi) is 6.52. The molecular weight excluding hydrogens is 466 g/mol. The van der Waals surface area contributed by atoms with Crippen LogP contribution in [0, 0.1) is 0 Å². The van der Waals surface area contributed by atoms with E-state index >= 15 is 0 Å². The van der Waals surface area contributed by atoms with Crippen molar-refractivity contribution >= 4 is 27.1 Å². The SMILES string of the molecule is C1=CCC(c2cccc3c2[cH-]c2ccccc23)=C1.[Cl-].[Cl-].[Hf+4]. The molecule has 0 spiro atoms. The molecular formula is C18H13Cl2Hf+. The van der Waals surface area contributed by atoms with E-state index in [-0.39, 0.29) is 50.7 Å². The molecule has 3 aromatic rings. The van der Waals surface area contributed by atoms with E-state index in [1.165, 1.54) is 32.7 Å². The molecule has 0 bridgehead atoms. The second-order valence-corrected chi connectivity index (χ2v) is 4.82. The molecule has 1 aliphatic rings. The summed E-state index contributed by atoms with van der Waals surface area (Å²) < 4.78 is 0. The molecule has 0 nitrogen and oxygen atoms in total. The fourth-order valence-electron chi connectivity index (χ4n) is 2.91. The minimum Gasteiger partial charge on any atom is -1.00 e. The molecule has 3 aromatic carbocycles. The topological polar surface area (TPSA) is 0 Å². The quantitative estimate of drug-likeness (QED) is 0.313. The molecule has 0 aliphatic heterocycles. The number of halogens is 2. The van der Waals surface area contributed by atoms with Gasteiger partial charge in [-0.05, 0) is 6.42 Å². The van der Waals surface area contributed by atoms with Crippen molar-refractivity contribution in [2.24, 2.45) is 0 Å². The van der Waals surface area contributed by atoms with Crippen molar-refractivity contribution in [1.82, 2.24) is 0 Å². The van der Waals surface area contributed by atoms with E-state index in [0.717, 1.165) is 6.42 Å². The molecule has 0 radical (unpaired) electrons. The standard InChI is InChI=1S/C18H13.2ClH.Hf/c1-2-7-13(6-1)15-10-5-11-17-16-9-4-3-8-14(16)12-18(15)17;;;/h1-6,8-12H,7H2;2*1H;/q-1;;;+4/p-2. The van der Waals surface area contributed by atoms with Crippen LogP contribution in [0.2, 0.25) is 0 Å². The van der Waals surface area contributed by atoms with Crippen molar-refractivity contribution in [3.63, 3.8) is 0 Å². The summed E-state index contributed by atoms with van der Waals surface area (Å²) in [5.41, 5.74) is 2.81. The van der Waals surface area contributed by atoms with Crippen LogP contribution >= 0.6 is 0 Å². The van der Waals surface area contributed by atoms with E-state index in [9.17, 15) is 0 Å². The molecule has 0 N–H and O–H groups in total. The van der Waals surface area contributed by atoms with Crippen molar-refractivity contribution in [3.05, 3.63) is 72.3 Å². The summed E-state index contributed by atoms with van der Waals surface area (Å²) in [7, 11) is 0. The number of hydrogen-bond donors (Lipinski definition) is 0. The molecule has 0 saturated heterocycles. The van der Waals surface area contributed by atoms with Gasteiger partial charge in [0, 0.05) is 0 Å². The van der Waals surface area contributed by atoms with Gasteiger partial charge < -0.3 is 24.8 Å². The van der Waals surface area contributed by atoms with Crippen LogP contribution in [0.25, 0.3) is 27.1 Å². The van der Waals surface area contributed by atoms with Gasteiger partial charge in [0.15, 0.2) is 0 Å². The van der Waals surface area contributed by atoms with Crippen LogP contribution in [0.15, 0.2) is 66.8 Å². The second-order valence-electron chi connectivity index (χ2n) is 4.82. The van der Waals surface area contributed by atoms with E-state index < -0.39 is 0 Å². The predicted molar refractivity (Wildman–Crippen MR) is 78.8 cm³/mol. The van der Waals surface area contributed by atoms with Gasteiger partial charge in [0.1, 0.15) is 0 Å². The molecule has 0 unspecified atom stereocenters. The number of benzene rings is 2. The Balaban J connectivity index is 0.000000735. The van der Waals surface area contributed by atoms with Crippen molar-refractivity contribution in [1.29, 1.82) is 0 Å². The van der Waals surface area contributed by atoms with Crippen LogP contribution < -0.4 is 24.8 Å². The van der Waals surface area contributed by atoms with Gasteiger partial charge in [-0.25, -0.2) is 0 Å². The van der Waals surface area contributed by atoms with E-state index in [2.05, 4.69) is 66.8 Å². The number of rotatable bonds is 1. The zero-order valence-corrected chi connectivity index (χ0v) is 16.4. The van der Waals surface area contributed by atoms with Crippen molar-refractivity contribution in [3.8, 4) is 0 Å². The summed E-state index contributed by atoms with van der Waals surface area (Å²) in [5, 5.41) is 5.46. The summed E-state index contributed by atoms with van der Waals surface area (Å²) >= 11 is 0. The first kappa shape index (κ1) is 18.3. The Hall–Kier alpha value is -0.760. The largest absolute Gasteiger partial charge is 4.00 e. The van der Waals surface area contributed by atoms with Crippen LogP contribution in [0.4, 0.5) is 0 Å². The normalized spacial score (nSPS) is 12.5. The number of allylic oxidation sites excluding steroid dienone is 4. The van der Waals surface area contributed by atoms with Crippen LogP contribution in [0.3, 0.4) is 0 Å². The number of hydrogen-bond acceptors (Lipinski definition) is 0. The minimum atomic E-state index is 0. The smallest absolute Gasteiger partial charge is 1.00 e. The van der Waals surface area contributed by atoms with Gasteiger partial charge >= 0.3 is 25.8 Å². The number of fused-ring (bicyclic) bond motifs is 3. The maximum Gasteiger partial charge on any atom is 4.00 e. The van der Waals surface area contributed by atoms with E-state index in [1.807, 2.05) is 0 Å². The Morgan fingerprint density at radius 1 is 0.857 bits per heavy atom. The van der Waals surface area contributed by atoms with Crippen LogP contribution in [-0.4, -0.2) is 0 Å². The third kappa shape index (κ3) is 3.06. The summed E-state index contributed by atoms with van der Waals surface area (Å²) in [6.45, 7) is 0. The van der Waals surface area contributed by atoms with Gasteiger partial charge in [-0.1, -0.05) is 65.8 Å². The molecule has 0 saturated carbocycles. The summed E-state index contributed by atoms with van der Waals surface area (Å²) in [5.74, 6) is 0. The third-order valence-corrected chi connectivity index (χ3v) is 3.77. The zero-order chi connectivity index (χ0) is 11.9. The second kappa shape index (κ2) is 7.49. The molecule has 102 valence electrons. The van der Waals surface area contributed by atoms with Gasteiger partial charge in [0.05, 0.1) is 0 Å². The molecule has 0 aromatic heterocycles. The summed E-state index contributed by atoms with van der Waals surface area (Å²) in [6.07, 6.45) is 7.65. The van der Waals surface area contributed by atoms with Gasteiger partial charge in [-0.2, -0.15) is 0 Å². The van der Waals surface area contributed by atoms with Gasteiger partial charge in [0.2, 0.25) is 0 Å². The zero-order valence-electron chi connectivity index (χ0n) is 11.3. The van der Waals surface area contributed by atoms with E-state index in [1.54, 1.807) is 0 Å². The van der Waals surface area contributed by atoms with Crippen LogP contribution in [0.1, 0.15) is 12.0 Å². The first-order valence-electron chi connectivity index (χ1n) is 6.37. The molecule has 4 rings (SSSR count). The molecule has 3 heteroatoms. The summed E-state index contributed by atoms with van der Waals surface area (Å²) in [6, 6.07) is 17.6. The fraction of sp³-hybridized carbons (Fsp3) is 0.0556. The molecule has 0 atom stereocenters. The Morgan fingerprint density at radius 3 is 2.38 bits per heavy atom. The summed E-state index contributed by atoms with van der Waals surface area (Å²) in [4.78, 5) is 0. The minimum absolute atomic E-state index is 0. The predicted octanol–water partition coefficient (Wildman–Crippen LogP) is -0.939. The first-order valence-corrected chi connectivity index (χ1v) is 6.37. The molecule has 1 aliphatic carbocycles. The average Bonchev–Trinajstić information content (AvgIpc) is 3.05. The van der Waals surface area contributed by atoms with Crippen LogP contribution in [-0.2, 0) is 25.8 Å². The van der Waals surface area contributed by atoms with Crippen molar-refractivity contribution in [2.45, 2.75) is 6.42 Å². The first-order chi connectivity index (χ1) is 8.93. The van der Waals surface area contributed by atoms with Crippen molar-refractivity contribution in [2.75, 3.05) is 0 Å². The van der Waals surface area contributed by atoms with Crippen LogP contribution in [0.5, 0.6) is 0 Å². The van der Waals surface area contributed by atoms with Gasteiger partial charge in [-0.3, -0.25) is 0 Å². The van der Waals surface area contributed by atoms with E-state index in [4.69, 9.17) is 0 Å². The molecule has 0 amide bonds. The van der Waals surface area contributed by atoms with Gasteiger partial charge in [-0.15, -0.1) is 33.7 Å². The fourth-order valence-corrected chi connectivity index (χ4v) is 2.91. The third-order valence-electron chi connectivity index (χ3n) is 3.77.